The van der Waals surface area contributed by atoms with Gasteiger partial charge in [0.15, 0.2) is 0 Å². The van der Waals surface area contributed by atoms with Crippen molar-refractivity contribution in [2.45, 2.75) is 36.7 Å². The van der Waals surface area contributed by atoms with Crippen molar-refractivity contribution >= 4 is 11.8 Å². The van der Waals surface area contributed by atoms with Crippen molar-refractivity contribution < 1.29 is 13.2 Å². The van der Waals surface area contributed by atoms with E-state index in [9.17, 15) is 13.2 Å². The summed E-state index contributed by atoms with van der Waals surface area (Å²) < 4.78 is 36.6. The second kappa shape index (κ2) is 6.31. The van der Waals surface area contributed by atoms with E-state index in [1.807, 2.05) is 19.9 Å². The third-order valence-corrected chi connectivity index (χ3v) is 2.95. The number of alkyl halides is 3. The van der Waals surface area contributed by atoms with Crippen LogP contribution in [0.15, 0.2) is 29.2 Å². The summed E-state index contributed by atoms with van der Waals surface area (Å²) in [5.74, 6) is 0. The van der Waals surface area contributed by atoms with E-state index < -0.39 is 5.51 Å². The number of benzene rings is 1. The highest BCUT2D eigenvalue weighted by Gasteiger charge is 2.29. The predicted octanol–water partition coefficient (Wildman–Crippen LogP) is 3.84. The van der Waals surface area contributed by atoms with Gasteiger partial charge in [-0.15, -0.1) is 0 Å². The summed E-state index contributed by atoms with van der Waals surface area (Å²) in [4.78, 5) is 0.249. The van der Waals surface area contributed by atoms with E-state index in [-0.39, 0.29) is 22.7 Å². The minimum absolute atomic E-state index is 0.0651. The zero-order valence-electron chi connectivity index (χ0n) is 9.84. The Labute approximate surface area is 104 Å². The lowest BCUT2D eigenvalue weighted by Gasteiger charge is -2.13. The average molecular weight is 263 g/mol. The van der Waals surface area contributed by atoms with Crippen LogP contribution in [0.25, 0.3) is 0 Å². The van der Waals surface area contributed by atoms with Gasteiger partial charge in [-0.2, -0.15) is 13.2 Å². The topological polar surface area (TPSA) is 12.0 Å². The third-order valence-electron chi connectivity index (χ3n) is 2.23. The van der Waals surface area contributed by atoms with Crippen molar-refractivity contribution in [3.05, 3.63) is 29.8 Å². The summed E-state index contributed by atoms with van der Waals surface area (Å²) >= 11 is -0.0651. The van der Waals surface area contributed by atoms with Crippen LogP contribution in [0.4, 0.5) is 13.2 Å². The summed E-state index contributed by atoms with van der Waals surface area (Å²) in [5.41, 5.74) is -3.29. The van der Waals surface area contributed by atoms with Crippen molar-refractivity contribution in [2.75, 3.05) is 6.54 Å². The Kier molecular flexibility index (Phi) is 5.33. The zero-order valence-corrected chi connectivity index (χ0v) is 10.7. The van der Waals surface area contributed by atoms with Crippen LogP contribution < -0.4 is 5.32 Å². The minimum atomic E-state index is -4.22. The number of nitrogens with one attached hydrogen (secondary N) is 1. The van der Waals surface area contributed by atoms with Crippen LogP contribution in [0, 0.1) is 0 Å². The van der Waals surface area contributed by atoms with E-state index in [4.69, 9.17) is 0 Å². The first-order valence-electron chi connectivity index (χ1n) is 5.49. The molecule has 0 unspecified atom stereocenters. The van der Waals surface area contributed by atoms with Crippen molar-refractivity contribution in [1.82, 2.24) is 5.32 Å². The maximum Gasteiger partial charge on any atom is 0.446 e. The van der Waals surface area contributed by atoms with Crippen LogP contribution in [0.3, 0.4) is 0 Å². The lowest BCUT2D eigenvalue weighted by Crippen LogP contribution is -2.27. The molecule has 0 bridgehead atoms. The number of hydrogen-bond acceptors (Lipinski definition) is 2. The molecule has 1 rings (SSSR count). The van der Waals surface area contributed by atoms with Crippen LogP contribution in [0.2, 0.25) is 0 Å². The Morgan fingerprint density at radius 3 is 2.65 bits per heavy atom. The second-order valence-electron chi connectivity index (χ2n) is 3.86. The van der Waals surface area contributed by atoms with Gasteiger partial charge in [0.1, 0.15) is 0 Å². The SMILES string of the molecule is CCN[C@@H](C)Cc1cccc(SC(F)(F)F)c1. The molecule has 1 aromatic carbocycles. The molecule has 0 radical (unpaired) electrons. The highest BCUT2D eigenvalue weighted by molar-refractivity contribution is 8.00. The van der Waals surface area contributed by atoms with Crippen LogP contribution in [-0.4, -0.2) is 18.1 Å². The number of halogens is 3. The van der Waals surface area contributed by atoms with Gasteiger partial charge in [-0.3, -0.25) is 0 Å². The molecule has 0 aromatic heterocycles. The molecule has 1 N–H and O–H groups in total. The molecule has 96 valence electrons. The number of thioether (sulfide) groups is 1. The average Bonchev–Trinajstić information content (AvgIpc) is 2.15. The normalized spacial score (nSPS) is 13.7. The first kappa shape index (κ1) is 14.4. The summed E-state index contributed by atoms with van der Waals surface area (Å²) in [5, 5.41) is 3.23. The van der Waals surface area contributed by atoms with Gasteiger partial charge in [0.2, 0.25) is 0 Å². The fourth-order valence-corrected chi connectivity index (χ4v) is 2.27. The van der Waals surface area contributed by atoms with E-state index in [2.05, 4.69) is 5.32 Å². The first-order chi connectivity index (χ1) is 7.90. The van der Waals surface area contributed by atoms with E-state index in [1.165, 1.54) is 6.07 Å². The van der Waals surface area contributed by atoms with Crippen molar-refractivity contribution in [1.29, 1.82) is 0 Å². The fraction of sp³-hybridized carbons (Fsp3) is 0.500. The molecular weight excluding hydrogens is 247 g/mol. The molecule has 5 heteroatoms. The van der Waals surface area contributed by atoms with Gasteiger partial charge in [-0.05, 0) is 49.3 Å². The molecule has 1 aromatic rings. The predicted molar refractivity (Wildman–Crippen MR) is 65.2 cm³/mol. The Hall–Kier alpha value is -0.680. The molecule has 0 aliphatic heterocycles. The Morgan fingerprint density at radius 2 is 2.06 bits per heavy atom. The lowest BCUT2D eigenvalue weighted by atomic mass is 10.1. The second-order valence-corrected chi connectivity index (χ2v) is 5.00. The number of rotatable bonds is 5. The summed E-state index contributed by atoms with van der Waals surface area (Å²) in [6, 6.07) is 6.88. The summed E-state index contributed by atoms with van der Waals surface area (Å²) in [6.07, 6.45) is 0.736. The van der Waals surface area contributed by atoms with Crippen LogP contribution in [-0.2, 0) is 6.42 Å². The molecule has 1 nitrogen and oxygen atoms in total. The largest absolute Gasteiger partial charge is 0.446 e. The number of likely N-dealkylation sites (N-methyl/N-ethyl adjacent to an activating group) is 1. The van der Waals surface area contributed by atoms with Gasteiger partial charge in [0, 0.05) is 10.9 Å². The smallest absolute Gasteiger partial charge is 0.314 e. The highest BCUT2D eigenvalue weighted by Crippen LogP contribution is 2.36. The van der Waals surface area contributed by atoms with Crippen LogP contribution in [0.1, 0.15) is 19.4 Å². The van der Waals surface area contributed by atoms with Crippen LogP contribution in [0.5, 0.6) is 0 Å². The van der Waals surface area contributed by atoms with Gasteiger partial charge >= 0.3 is 5.51 Å². The molecule has 0 aliphatic rings. The molecule has 17 heavy (non-hydrogen) atoms. The quantitative estimate of drug-likeness (QED) is 0.810. The Bertz CT molecular complexity index is 352. The molecular formula is C12H16F3NS. The lowest BCUT2D eigenvalue weighted by molar-refractivity contribution is -0.0328. The molecule has 0 spiro atoms. The molecule has 0 saturated carbocycles. The summed E-state index contributed by atoms with van der Waals surface area (Å²) in [7, 11) is 0. The Morgan fingerprint density at radius 1 is 1.35 bits per heavy atom. The first-order valence-corrected chi connectivity index (χ1v) is 6.30. The standard InChI is InChI=1S/C12H16F3NS/c1-3-16-9(2)7-10-5-4-6-11(8-10)17-12(13,14)15/h4-6,8-9,16H,3,7H2,1-2H3/t9-/m0/s1. The molecule has 0 fully saturated rings. The molecule has 0 amide bonds. The van der Waals surface area contributed by atoms with Crippen LogP contribution >= 0.6 is 11.8 Å². The molecule has 0 aliphatic carbocycles. The van der Waals surface area contributed by atoms with E-state index >= 15 is 0 Å². The highest BCUT2D eigenvalue weighted by atomic mass is 32.2. The van der Waals surface area contributed by atoms with Crippen molar-refractivity contribution in [3.63, 3.8) is 0 Å². The molecule has 0 heterocycles. The number of hydrogen-bond donors (Lipinski definition) is 1. The fourth-order valence-electron chi connectivity index (χ4n) is 1.64. The third kappa shape index (κ3) is 5.98. The maximum absolute atomic E-state index is 12.2. The van der Waals surface area contributed by atoms with E-state index in [0.717, 1.165) is 18.5 Å². The van der Waals surface area contributed by atoms with Crippen molar-refractivity contribution in [3.8, 4) is 0 Å². The Balaban J connectivity index is 2.66. The van der Waals surface area contributed by atoms with Gasteiger partial charge in [-0.25, -0.2) is 0 Å². The van der Waals surface area contributed by atoms with Gasteiger partial charge in [-0.1, -0.05) is 19.1 Å². The molecule has 0 saturated heterocycles. The molecule has 1 atom stereocenters. The van der Waals surface area contributed by atoms with Gasteiger partial charge in [0.05, 0.1) is 0 Å². The van der Waals surface area contributed by atoms with E-state index in [0.29, 0.717) is 0 Å². The van der Waals surface area contributed by atoms with Gasteiger partial charge < -0.3 is 5.32 Å². The zero-order chi connectivity index (χ0) is 12.9. The monoisotopic (exact) mass is 263 g/mol. The summed E-state index contributed by atoms with van der Waals surface area (Å²) in [6.45, 7) is 4.89. The maximum atomic E-state index is 12.2. The minimum Gasteiger partial charge on any atom is -0.314 e. The van der Waals surface area contributed by atoms with Crippen molar-refractivity contribution in [2.24, 2.45) is 0 Å². The van der Waals surface area contributed by atoms with Gasteiger partial charge in [0.25, 0.3) is 0 Å². The van der Waals surface area contributed by atoms with E-state index in [1.54, 1.807) is 12.1 Å².